The maximum Gasteiger partial charge on any atom is 0.125 e. The molecule has 0 amide bonds. The average Bonchev–Trinajstić information content (AvgIpc) is 2.30. The number of hydrogen-bond acceptors (Lipinski definition) is 3. The van der Waals surface area contributed by atoms with Gasteiger partial charge in [-0.25, -0.2) is 0 Å². The summed E-state index contributed by atoms with van der Waals surface area (Å²) in [6.45, 7) is 9.43. The molecule has 0 aliphatic heterocycles. The molecular formula is C15H25NO2. The second-order valence-electron chi connectivity index (χ2n) is 4.65. The van der Waals surface area contributed by atoms with E-state index in [1.54, 1.807) is 0 Å². The number of nitrogens with one attached hydrogen (secondary N) is 1. The Kier molecular flexibility index (Phi) is 6.76. The highest BCUT2D eigenvalue weighted by molar-refractivity contribution is 5.42. The summed E-state index contributed by atoms with van der Waals surface area (Å²) >= 11 is 0. The lowest BCUT2D eigenvalue weighted by Crippen LogP contribution is -2.15. The number of ether oxygens (including phenoxy) is 2. The molecule has 0 spiro atoms. The quantitative estimate of drug-likeness (QED) is 0.720. The van der Waals surface area contributed by atoms with Gasteiger partial charge in [0.05, 0.1) is 13.2 Å². The number of hydrogen-bond donors (Lipinski definition) is 1. The predicted molar refractivity (Wildman–Crippen MR) is 75.5 cm³/mol. The van der Waals surface area contributed by atoms with E-state index in [9.17, 15) is 0 Å². The molecule has 1 rings (SSSR count). The monoisotopic (exact) mass is 251 g/mol. The predicted octanol–water partition coefficient (Wildman–Crippen LogP) is 2.62. The van der Waals surface area contributed by atoms with Gasteiger partial charge >= 0.3 is 0 Å². The largest absolute Gasteiger partial charge is 0.493 e. The molecule has 0 saturated heterocycles. The molecule has 1 aromatic carbocycles. The van der Waals surface area contributed by atoms with Crippen LogP contribution in [0, 0.1) is 20.8 Å². The number of benzene rings is 1. The molecule has 102 valence electrons. The van der Waals surface area contributed by atoms with Gasteiger partial charge < -0.3 is 14.8 Å². The van der Waals surface area contributed by atoms with Crippen molar-refractivity contribution in [3.63, 3.8) is 0 Å². The summed E-state index contributed by atoms with van der Waals surface area (Å²) in [5, 5.41) is 3.05. The molecule has 3 nitrogen and oxygen atoms in total. The molecule has 0 aromatic heterocycles. The van der Waals surface area contributed by atoms with E-state index in [-0.39, 0.29) is 0 Å². The molecule has 0 fully saturated rings. The number of aryl methyl sites for hydroxylation is 3. The van der Waals surface area contributed by atoms with Crippen LogP contribution in [0.5, 0.6) is 5.75 Å². The van der Waals surface area contributed by atoms with Crippen LogP contribution < -0.4 is 10.1 Å². The lowest BCUT2D eigenvalue weighted by Gasteiger charge is -2.13. The Balaban J connectivity index is 2.27. The molecule has 0 aliphatic rings. The highest BCUT2D eigenvalue weighted by Crippen LogP contribution is 2.24. The topological polar surface area (TPSA) is 30.5 Å². The van der Waals surface area contributed by atoms with Crippen LogP contribution in [0.25, 0.3) is 0 Å². The SMILES string of the molecule is CNCCOCCCOc1c(C)cc(C)cc1C. The van der Waals surface area contributed by atoms with E-state index in [2.05, 4.69) is 38.2 Å². The lowest BCUT2D eigenvalue weighted by molar-refractivity contribution is 0.122. The van der Waals surface area contributed by atoms with Crippen LogP contribution in [-0.2, 0) is 4.74 Å². The van der Waals surface area contributed by atoms with Gasteiger partial charge in [0.25, 0.3) is 0 Å². The first-order valence-corrected chi connectivity index (χ1v) is 6.58. The first kappa shape index (κ1) is 15.0. The molecule has 0 aliphatic carbocycles. The molecular weight excluding hydrogens is 226 g/mol. The van der Waals surface area contributed by atoms with Crippen LogP contribution >= 0.6 is 0 Å². The number of rotatable bonds is 8. The number of likely N-dealkylation sites (N-methyl/N-ethyl adjacent to an activating group) is 1. The van der Waals surface area contributed by atoms with Crippen LogP contribution in [-0.4, -0.2) is 33.4 Å². The first-order chi connectivity index (χ1) is 8.65. The highest BCUT2D eigenvalue weighted by Gasteiger charge is 2.04. The molecule has 3 heteroatoms. The van der Waals surface area contributed by atoms with Gasteiger partial charge in [0.15, 0.2) is 0 Å². The summed E-state index contributed by atoms with van der Waals surface area (Å²) in [4.78, 5) is 0. The fourth-order valence-electron chi connectivity index (χ4n) is 2.01. The normalized spacial score (nSPS) is 10.7. The van der Waals surface area contributed by atoms with Crippen LogP contribution in [0.2, 0.25) is 0 Å². The van der Waals surface area contributed by atoms with E-state index in [1.807, 2.05) is 7.05 Å². The molecule has 1 aromatic rings. The first-order valence-electron chi connectivity index (χ1n) is 6.58. The molecule has 0 atom stereocenters. The highest BCUT2D eigenvalue weighted by atomic mass is 16.5. The van der Waals surface area contributed by atoms with E-state index in [1.165, 1.54) is 16.7 Å². The summed E-state index contributed by atoms with van der Waals surface area (Å²) in [5.74, 6) is 1.02. The molecule has 0 bridgehead atoms. The lowest BCUT2D eigenvalue weighted by atomic mass is 10.1. The zero-order valence-corrected chi connectivity index (χ0v) is 12.0. The van der Waals surface area contributed by atoms with Gasteiger partial charge in [-0.2, -0.15) is 0 Å². The van der Waals surface area contributed by atoms with Gasteiger partial charge in [-0.3, -0.25) is 0 Å². The third-order valence-corrected chi connectivity index (χ3v) is 2.78. The summed E-state index contributed by atoms with van der Waals surface area (Å²) in [5.41, 5.74) is 3.71. The third kappa shape index (κ3) is 5.07. The summed E-state index contributed by atoms with van der Waals surface area (Å²) in [6.07, 6.45) is 0.927. The van der Waals surface area contributed by atoms with Gasteiger partial charge in [-0.15, -0.1) is 0 Å². The Bertz CT molecular complexity index is 341. The van der Waals surface area contributed by atoms with E-state index in [0.29, 0.717) is 6.61 Å². The Hall–Kier alpha value is -1.06. The fourth-order valence-corrected chi connectivity index (χ4v) is 2.01. The van der Waals surface area contributed by atoms with Crippen LogP contribution in [0.15, 0.2) is 12.1 Å². The van der Waals surface area contributed by atoms with Crippen molar-refractivity contribution in [2.24, 2.45) is 0 Å². The van der Waals surface area contributed by atoms with Crippen molar-refractivity contribution in [3.8, 4) is 5.75 Å². The van der Waals surface area contributed by atoms with Gasteiger partial charge in [0.1, 0.15) is 5.75 Å². The van der Waals surface area contributed by atoms with Crippen LogP contribution in [0.4, 0.5) is 0 Å². The summed E-state index contributed by atoms with van der Waals surface area (Å²) < 4.78 is 11.3. The summed E-state index contributed by atoms with van der Waals surface area (Å²) in [6, 6.07) is 4.32. The molecule has 0 unspecified atom stereocenters. The van der Waals surface area contributed by atoms with Gasteiger partial charge in [0, 0.05) is 19.6 Å². The maximum atomic E-state index is 5.83. The molecule has 0 saturated carbocycles. The Labute approximate surface area is 110 Å². The second kappa shape index (κ2) is 8.11. The van der Waals surface area contributed by atoms with Gasteiger partial charge in [-0.05, 0) is 38.9 Å². The van der Waals surface area contributed by atoms with Crippen molar-refractivity contribution in [2.75, 3.05) is 33.4 Å². The van der Waals surface area contributed by atoms with Gasteiger partial charge in [0.2, 0.25) is 0 Å². The molecule has 0 heterocycles. The fraction of sp³-hybridized carbons (Fsp3) is 0.600. The van der Waals surface area contributed by atoms with E-state index >= 15 is 0 Å². The minimum Gasteiger partial charge on any atom is -0.493 e. The van der Waals surface area contributed by atoms with E-state index in [4.69, 9.17) is 9.47 Å². The van der Waals surface area contributed by atoms with Crippen molar-refractivity contribution in [1.82, 2.24) is 5.32 Å². The maximum absolute atomic E-state index is 5.83. The van der Waals surface area contributed by atoms with E-state index < -0.39 is 0 Å². The third-order valence-electron chi connectivity index (χ3n) is 2.78. The minimum atomic E-state index is 0.713. The van der Waals surface area contributed by atoms with Crippen LogP contribution in [0.3, 0.4) is 0 Å². The Morgan fingerprint density at radius 3 is 2.28 bits per heavy atom. The zero-order chi connectivity index (χ0) is 13.4. The van der Waals surface area contributed by atoms with Crippen molar-refractivity contribution >= 4 is 0 Å². The molecule has 0 radical (unpaired) electrons. The molecule has 1 N–H and O–H groups in total. The Morgan fingerprint density at radius 2 is 1.67 bits per heavy atom. The summed E-state index contributed by atoms with van der Waals surface area (Å²) in [7, 11) is 1.93. The van der Waals surface area contributed by atoms with Crippen molar-refractivity contribution < 1.29 is 9.47 Å². The Morgan fingerprint density at radius 1 is 1.00 bits per heavy atom. The molecule has 18 heavy (non-hydrogen) atoms. The van der Waals surface area contributed by atoms with E-state index in [0.717, 1.165) is 31.9 Å². The van der Waals surface area contributed by atoms with Crippen LogP contribution in [0.1, 0.15) is 23.1 Å². The zero-order valence-electron chi connectivity index (χ0n) is 12.0. The van der Waals surface area contributed by atoms with Crippen molar-refractivity contribution in [3.05, 3.63) is 28.8 Å². The smallest absolute Gasteiger partial charge is 0.125 e. The average molecular weight is 251 g/mol. The second-order valence-corrected chi connectivity index (χ2v) is 4.65. The van der Waals surface area contributed by atoms with Crippen molar-refractivity contribution in [1.29, 1.82) is 0 Å². The van der Waals surface area contributed by atoms with Crippen molar-refractivity contribution in [2.45, 2.75) is 27.2 Å². The van der Waals surface area contributed by atoms with Gasteiger partial charge in [-0.1, -0.05) is 17.7 Å². The standard InChI is InChI=1S/C15H25NO2/c1-12-10-13(2)15(14(3)11-12)18-8-5-7-17-9-6-16-4/h10-11,16H,5-9H2,1-4H3. The minimum absolute atomic E-state index is 0.713.